The number of aryl methyl sites for hydroxylation is 1. The highest BCUT2D eigenvalue weighted by Gasteiger charge is 2.25. The Labute approximate surface area is 132 Å². The first-order chi connectivity index (χ1) is 10.9. The van der Waals surface area contributed by atoms with Gasteiger partial charge >= 0.3 is 11.3 Å². The Morgan fingerprint density at radius 2 is 1.65 bits per heavy atom. The van der Waals surface area contributed by atoms with E-state index in [0.717, 1.165) is 5.56 Å². The standard InChI is InChI=1S/C15H13N3O4S/c1-10-2-4-11(5-3-10)14-15(19)22-17-18(14)12-6-8-13(9-7-12)23(16,20)21/h2-9H,1H3,(H2-,16,17,19,20,21)/p+1. The van der Waals surface area contributed by atoms with E-state index in [4.69, 9.17) is 9.66 Å². The molecule has 3 N–H and O–H groups in total. The van der Waals surface area contributed by atoms with Gasteiger partial charge in [-0.1, -0.05) is 17.7 Å². The molecule has 0 aliphatic heterocycles. The first-order valence-electron chi connectivity index (χ1n) is 6.70. The summed E-state index contributed by atoms with van der Waals surface area (Å²) in [7, 11) is -3.77. The first kappa shape index (κ1) is 15.2. The first-order valence-corrected chi connectivity index (χ1v) is 8.25. The zero-order chi connectivity index (χ0) is 16.6. The van der Waals surface area contributed by atoms with Crippen LogP contribution in [0.4, 0.5) is 0 Å². The van der Waals surface area contributed by atoms with Crippen LogP contribution in [0.2, 0.25) is 0 Å². The Kier molecular flexibility index (Phi) is 3.63. The second kappa shape index (κ2) is 5.49. The summed E-state index contributed by atoms with van der Waals surface area (Å²) in [4.78, 5) is 12.0. The van der Waals surface area contributed by atoms with Crippen LogP contribution < -0.4 is 15.4 Å². The van der Waals surface area contributed by atoms with Crippen LogP contribution >= 0.6 is 0 Å². The van der Waals surface area contributed by atoms with Crippen molar-refractivity contribution in [2.45, 2.75) is 11.8 Å². The molecule has 8 heteroatoms. The number of rotatable bonds is 3. The molecule has 0 spiro atoms. The lowest BCUT2D eigenvalue weighted by Crippen LogP contribution is -2.36. The summed E-state index contributed by atoms with van der Waals surface area (Å²) in [5, 5.41) is 7.58. The molecule has 1 aromatic heterocycles. The van der Waals surface area contributed by atoms with Gasteiger partial charge in [-0.15, -0.1) is 0 Å². The molecule has 3 rings (SSSR count). The van der Waals surface area contributed by atoms with Gasteiger partial charge in [0.1, 0.15) is 0 Å². The predicted octanol–water partition coefficient (Wildman–Crippen LogP) is 0.867. The van der Waals surface area contributed by atoms with E-state index in [1.54, 1.807) is 0 Å². The average molecular weight is 332 g/mol. The zero-order valence-corrected chi connectivity index (χ0v) is 13.0. The Morgan fingerprint density at radius 3 is 2.22 bits per heavy atom. The van der Waals surface area contributed by atoms with Gasteiger partial charge in [0.25, 0.3) is 0 Å². The summed E-state index contributed by atoms with van der Waals surface area (Å²) in [6, 6.07) is 13.2. The zero-order valence-electron chi connectivity index (χ0n) is 12.2. The Balaban J connectivity index is 2.12. The van der Waals surface area contributed by atoms with E-state index in [-0.39, 0.29) is 4.90 Å². The van der Waals surface area contributed by atoms with Gasteiger partial charge in [-0.05, 0) is 41.1 Å². The lowest BCUT2D eigenvalue weighted by molar-refractivity contribution is -0.660. The van der Waals surface area contributed by atoms with Crippen LogP contribution in [0.5, 0.6) is 0 Å². The summed E-state index contributed by atoms with van der Waals surface area (Å²) in [5.41, 5.74) is 2.08. The molecule has 3 aromatic rings. The van der Waals surface area contributed by atoms with Crippen LogP contribution in [-0.4, -0.2) is 13.7 Å². The Hall–Kier alpha value is -2.71. The summed E-state index contributed by atoms with van der Waals surface area (Å²) in [5.74, 6) is 0. The van der Waals surface area contributed by atoms with E-state index in [9.17, 15) is 13.2 Å². The molecule has 23 heavy (non-hydrogen) atoms. The monoisotopic (exact) mass is 332 g/mol. The number of hydrogen-bond donors (Lipinski definition) is 2. The number of hydrogen-bond acceptors (Lipinski definition) is 4. The average Bonchev–Trinajstić information content (AvgIpc) is 2.89. The fourth-order valence-electron chi connectivity index (χ4n) is 2.20. The molecule has 0 bridgehead atoms. The molecule has 0 saturated heterocycles. The molecule has 0 aliphatic carbocycles. The fourth-order valence-corrected chi connectivity index (χ4v) is 2.71. The third kappa shape index (κ3) is 2.94. The van der Waals surface area contributed by atoms with Crippen molar-refractivity contribution in [2.24, 2.45) is 5.14 Å². The van der Waals surface area contributed by atoms with E-state index in [1.807, 2.05) is 31.2 Å². The second-order valence-corrected chi connectivity index (χ2v) is 6.63. The topological polar surface area (TPSA) is 110 Å². The molecular weight excluding hydrogens is 318 g/mol. The van der Waals surface area contributed by atoms with Crippen molar-refractivity contribution in [3.05, 3.63) is 64.5 Å². The minimum atomic E-state index is -3.77. The minimum absolute atomic E-state index is 0.00965. The highest BCUT2D eigenvalue weighted by Crippen LogP contribution is 2.15. The third-order valence-electron chi connectivity index (χ3n) is 3.40. The predicted molar refractivity (Wildman–Crippen MR) is 82.4 cm³/mol. The molecular formula is C15H14N3O4S+. The van der Waals surface area contributed by atoms with E-state index in [0.29, 0.717) is 16.9 Å². The molecule has 118 valence electrons. The largest absolute Gasteiger partial charge is 0.435 e. The highest BCUT2D eigenvalue weighted by atomic mass is 32.2. The number of sulfonamides is 1. The molecule has 0 amide bonds. The van der Waals surface area contributed by atoms with Crippen LogP contribution in [0.1, 0.15) is 5.56 Å². The van der Waals surface area contributed by atoms with Crippen molar-refractivity contribution in [3.8, 4) is 16.9 Å². The summed E-state index contributed by atoms with van der Waals surface area (Å²) in [6.07, 6.45) is 0. The molecule has 0 atom stereocenters. The number of aromatic amines is 1. The highest BCUT2D eigenvalue weighted by molar-refractivity contribution is 7.89. The number of primary sulfonamides is 1. The van der Waals surface area contributed by atoms with Crippen molar-refractivity contribution < 1.29 is 17.6 Å². The number of benzene rings is 2. The number of nitrogens with one attached hydrogen (secondary N) is 1. The molecule has 0 unspecified atom stereocenters. The van der Waals surface area contributed by atoms with Gasteiger partial charge in [-0.25, -0.2) is 18.4 Å². The van der Waals surface area contributed by atoms with Crippen molar-refractivity contribution >= 4 is 10.0 Å². The smallest absolute Gasteiger partial charge is 0.282 e. The van der Waals surface area contributed by atoms with E-state index >= 15 is 0 Å². The molecule has 1 heterocycles. The SMILES string of the molecule is Cc1ccc(-c2c(=O)o[nH][n+]2-c2ccc(S(N)(=O)=O)cc2)cc1. The normalized spacial score (nSPS) is 11.6. The van der Waals surface area contributed by atoms with Crippen molar-refractivity contribution in [3.63, 3.8) is 0 Å². The molecule has 7 nitrogen and oxygen atoms in total. The van der Waals surface area contributed by atoms with E-state index in [1.165, 1.54) is 28.9 Å². The van der Waals surface area contributed by atoms with Crippen molar-refractivity contribution in [1.29, 1.82) is 0 Å². The minimum Gasteiger partial charge on any atom is -0.282 e. The second-order valence-electron chi connectivity index (χ2n) is 5.07. The van der Waals surface area contributed by atoms with Crippen LogP contribution in [0, 0.1) is 6.92 Å². The maximum Gasteiger partial charge on any atom is 0.435 e. The van der Waals surface area contributed by atoms with Gasteiger partial charge in [0, 0.05) is 12.1 Å². The van der Waals surface area contributed by atoms with Crippen molar-refractivity contribution in [1.82, 2.24) is 5.27 Å². The number of nitrogens with two attached hydrogens (primary N) is 1. The van der Waals surface area contributed by atoms with Gasteiger partial charge < -0.3 is 0 Å². The van der Waals surface area contributed by atoms with Crippen molar-refractivity contribution in [2.75, 3.05) is 0 Å². The number of nitrogens with zero attached hydrogens (tertiary/aromatic N) is 1. The number of aromatic nitrogens is 2. The van der Waals surface area contributed by atoms with Gasteiger partial charge in [0.05, 0.1) is 10.5 Å². The van der Waals surface area contributed by atoms with Crippen LogP contribution in [-0.2, 0) is 10.0 Å². The summed E-state index contributed by atoms with van der Waals surface area (Å²) < 4.78 is 28.9. The molecule has 0 fully saturated rings. The van der Waals surface area contributed by atoms with Crippen LogP contribution in [0.3, 0.4) is 0 Å². The summed E-state index contributed by atoms with van der Waals surface area (Å²) in [6.45, 7) is 1.95. The Bertz CT molecular complexity index is 1000. The van der Waals surface area contributed by atoms with Gasteiger partial charge in [0.15, 0.2) is 0 Å². The number of H-pyrrole nitrogens is 1. The molecule has 2 aromatic carbocycles. The fraction of sp³-hybridized carbons (Fsp3) is 0.0667. The van der Waals surface area contributed by atoms with Gasteiger partial charge in [0.2, 0.25) is 15.7 Å². The van der Waals surface area contributed by atoms with Gasteiger partial charge in [-0.2, -0.15) is 0 Å². The van der Waals surface area contributed by atoms with E-state index < -0.39 is 15.6 Å². The van der Waals surface area contributed by atoms with Gasteiger partial charge in [-0.3, -0.25) is 4.52 Å². The third-order valence-corrected chi connectivity index (χ3v) is 4.32. The molecule has 0 aliphatic rings. The van der Waals surface area contributed by atoms with E-state index in [2.05, 4.69) is 5.27 Å². The lowest BCUT2D eigenvalue weighted by atomic mass is 10.1. The Morgan fingerprint density at radius 1 is 1.04 bits per heavy atom. The lowest BCUT2D eigenvalue weighted by Gasteiger charge is -1.98. The van der Waals surface area contributed by atoms with Crippen LogP contribution in [0.15, 0.2) is 62.7 Å². The summed E-state index contributed by atoms with van der Waals surface area (Å²) >= 11 is 0. The maximum atomic E-state index is 12.0. The maximum absolute atomic E-state index is 12.0. The molecule has 0 radical (unpaired) electrons. The van der Waals surface area contributed by atoms with Crippen LogP contribution in [0.25, 0.3) is 16.9 Å². The molecule has 0 saturated carbocycles. The quantitative estimate of drug-likeness (QED) is 0.693.